The lowest BCUT2D eigenvalue weighted by Gasteiger charge is -2.17. The third-order valence-electron chi connectivity index (χ3n) is 2.87. The summed E-state index contributed by atoms with van der Waals surface area (Å²) in [6, 6.07) is 9.09. The molecule has 0 aromatic heterocycles. The van der Waals surface area contributed by atoms with Crippen LogP contribution in [0.3, 0.4) is 0 Å². The van der Waals surface area contributed by atoms with Gasteiger partial charge in [0.25, 0.3) is 0 Å². The average Bonchev–Trinajstić information content (AvgIpc) is 2.40. The van der Waals surface area contributed by atoms with Crippen molar-refractivity contribution in [3.8, 4) is 6.07 Å². The minimum atomic E-state index is -0.0513. The van der Waals surface area contributed by atoms with Crippen molar-refractivity contribution >= 4 is 11.6 Å². The molecule has 0 spiro atoms. The van der Waals surface area contributed by atoms with Gasteiger partial charge in [-0.3, -0.25) is 4.79 Å². The highest BCUT2D eigenvalue weighted by Crippen LogP contribution is 2.13. The molecule has 0 atom stereocenters. The zero-order valence-corrected chi connectivity index (χ0v) is 10.9. The van der Waals surface area contributed by atoms with Gasteiger partial charge in [-0.25, -0.2) is 0 Å². The number of nitrogens with one attached hydrogen (secondary N) is 1. The molecule has 0 aliphatic heterocycles. The summed E-state index contributed by atoms with van der Waals surface area (Å²) < 4.78 is 0. The number of nitriles is 1. The zero-order valence-electron chi connectivity index (χ0n) is 10.9. The number of para-hydroxylation sites is 1. The van der Waals surface area contributed by atoms with Gasteiger partial charge in [0.15, 0.2) is 0 Å². The van der Waals surface area contributed by atoms with E-state index in [9.17, 15) is 4.79 Å². The first-order valence-corrected chi connectivity index (χ1v) is 6.22. The van der Waals surface area contributed by atoms with Crippen molar-refractivity contribution in [1.29, 1.82) is 5.26 Å². The van der Waals surface area contributed by atoms with E-state index in [0.29, 0.717) is 17.7 Å². The first-order valence-electron chi connectivity index (χ1n) is 6.22. The monoisotopic (exact) mass is 245 g/mol. The van der Waals surface area contributed by atoms with Gasteiger partial charge in [-0.15, -0.1) is 0 Å². The number of hydrogen-bond donors (Lipinski definition) is 1. The molecule has 0 unspecified atom stereocenters. The van der Waals surface area contributed by atoms with Crippen LogP contribution in [0.5, 0.6) is 0 Å². The average molecular weight is 245 g/mol. The first-order chi connectivity index (χ1) is 8.71. The Balaban J connectivity index is 2.52. The van der Waals surface area contributed by atoms with Crippen molar-refractivity contribution in [1.82, 2.24) is 4.90 Å². The summed E-state index contributed by atoms with van der Waals surface area (Å²) in [6.07, 6.45) is 0.446. The normalized spacial score (nSPS) is 10.1. The molecule has 0 bridgehead atoms. The predicted molar refractivity (Wildman–Crippen MR) is 72.2 cm³/mol. The van der Waals surface area contributed by atoms with Gasteiger partial charge in [-0.2, -0.15) is 5.26 Å². The molecule has 1 rings (SSSR count). The third-order valence-corrected chi connectivity index (χ3v) is 2.87. The molecule has 1 aromatic carbocycles. The molecular weight excluding hydrogens is 226 g/mol. The fourth-order valence-electron chi connectivity index (χ4n) is 1.70. The molecule has 4 heteroatoms. The van der Waals surface area contributed by atoms with Crippen LogP contribution in [0.25, 0.3) is 0 Å². The maximum atomic E-state index is 11.8. The van der Waals surface area contributed by atoms with E-state index in [0.717, 1.165) is 19.6 Å². The Kier molecular flexibility index (Phi) is 5.89. The number of rotatable bonds is 6. The Morgan fingerprint density at radius 2 is 2.00 bits per heavy atom. The Morgan fingerprint density at radius 1 is 1.33 bits per heavy atom. The van der Waals surface area contributed by atoms with E-state index >= 15 is 0 Å². The van der Waals surface area contributed by atoms with Crippen molar-refractivity contribution in [3.05, 3.63) is 29.8 Å². The van der Waals surface area contributed by atoms with Crippen LogP contribution < -0.4 is 5.32 Å². The molecule has 1 N–H and O–H groups in total. The summed E-state index contributed by atoms with van der Waals surface area (Å²) in [4.78, 5) is 14.0. The molecule has 0 fully saturated rings. The van der Waals surface area contributed by atoms with E-state index < -0.39 is 0 Å². The van der Waals surface area contributed by atoms with Gasteiger partial charge in [0, 0.05) is 13.0 Å². The first kappa shape index (κ1) is 14.2. The van der Waals surface area contributed by atoms with Gasteiger partial charge >= 0.3 is 0 Å². The fourth-order valence-corrected chi connectivity index (χ4v) is 1.70. The Labute approximate surface area is 108 Å². The second kappa shape index (κ2) is 7.46. The van der Waals surface area contributed by atoms with E-state index in [2.05, 4.69) is 30.1 Å². The Bertz CT molecular complexity index is 433. The van der Waals surface area contributed by atoms with Gasteiger partial charge in [0.1, 0.15) is 6.07 Å². The highest BCUT2D eigenvalue weighted by molar-refractivity contribution is 5.92. The molecule has 4 nitrogen and oxygen atoms in total. The SMILES string of the molecule is CCN(CC)CCC(=O)Nc1ccccc1C#N. The molecule has 1 aromatic rings. The van der Waals surface area contributed by atoms with Crippen LogP contribution in [0.15, 0.2) is 24.3 Å². The number of nitrogens with zero attached hydrogens (tertiary/aromatic N) is 2. The molecule has 0 aliphatic rings. The van der Waals surface area contributed by atoms with E-state index in [1.54, 1.807) is 24.3 Å². The second-order valence-corrected chi connectivity index (χ2v) is 3.98. The van der Waals surface area contributed by atoms with Crippen molar-refractivity contribution in [2.24, 2.45) is 0 Å². The molecule has 96 valence electrons. The lowest BCUT2D eigenvalue weighted by molar-refractivity contribution is -0.116. The summed E-state index contributed by atoms with van der Waals surface area (Å²) in [5, 5.41) is 11.7. The molecule has 0 aliphatic carbocycles. The zero-order chi connectivity index (χ0) is 13.4. The van der Waals surface area contributed by atoms with E-state index in [1.807, 2.05) is 0 Å². The smallest absolute Gasteiger partial charge is 0.225 e. The lowest BCUT2D eigenvalue weighted by Crippen LogP contribution is -2.27. The number of anilines is 1. The van der Waals surface area contributed by atoms with Gasteiger partial charge in [-0.05, 0) is 25.2 Å². The van der Waals surface area contributed by atoms with Crippen LogP contribution in [0.2, 0.25) is 0 Å². The molecule has 0 radical (unpaired) electrons. The maximum absolute atomic E-state index is 11.8. The van der Waals surface area contributed by atoms with Crippen molar-refractivity contribution in [2.45, 2.75) is 20.3 Å². The number of hydrogen-bond acceptors (Lipinski definition) is 3. The minimum absolute atomic E-state index is 0.0513. The molecule has 1 amide bonds. The molecule has 0 heterocycles. The number of carbonyl (C=O) groups is 1. The summed E-state index contributed by atoms with van der Waals surface area (Å²) in [7, 11) is 0. The summed E-state index contributed by atoms with van der Waals surface area (Å²) in [5.74, 6) is -0.0513. The maximum Gasteiger partial charge on any atom is 0.225 e. The van der Waals surface area contributed by atoms with E-state index in [1.165, 1.54) is 0 Å². The highest BCUT2D eigenvalue weighted by Gasteiger charge is 2.07. The van der Waals surface area contributed by atoms with Crippen LogP contribution in [0.4, 0.5) is 5.69 Å². The number of benzene rings is 1. The molecule has 0 saturated carbocycles. The van der Waals surface area contributed by atoms with Crippen LogP contribution in [-0.2, 0) is 4.79 Å². The summed E-state index contributed by atoms with van der Waals surface area (Å²) in [5.41, 5.74) is 1.08. The minimum Gasteiger partial charge on any atom is -0.325 e. The van der Waals surface area contributed by atoms with Crippen LogP contribution in [-0.4, -0.2) is 30.4 Å². The second-order valence-electron chi connectivity index (χ2n) is 3.98. The van der Waals surface area contributed by atoms with Gasteiger partial charge in [-0.1, -0.05) is 26.0 Å². The molecule has 18 heavy (non-hydrogen) atoms. The fraction of sp³-hybridized carbons (Fsp3) is 0.429. The van der Waals surface area contributed by atoms with Crippen LogP contribution >= 0.6 is 0 Å². The predicted octanol–water partition coefficient (Wildman–Crippen LogP) is 2.23. The Hall–Kier alpha value is -1.86. The van der Waals surface area contributed by atoms with E-state index in [-0.39, 0.29) is 5.91 Å². The van der Waals surface area contributed by atoms with Crippen molar-refractivity contribution in [3.63, 3.8) is 0 Å². The van der Waals surface area contributed by atoms with Gasteiger partial charge in [0.2, 0.25) is 5.91 Å². The quantitative estimate of drug-likeness (QED) is 0.836. The molecular formula is C14H19N3O. The van der Waals surface area contributed by atoms with Crippen LogP contribution in [0.1, 0.15) is 25.8 Å². The summed E-state index contributed by atoms with van der Waals surface area (Å²) >= 11 is 0. The van der Waals surface area contributed by atoms with Gasteiger partial charge < -0.3 is 10.2 Å². The van der Waals surface area contributed by atoms with Crippen molar-refractivity contribution < 1.29 is 4.79 Å². The van der Waals surface area contributed by atoms with Gasteiger partial charge in [0.05, 0.1) is 11.3 Å². The summed E-state index contributed by atoms with van der Waals surface area (Å²) in [6.45, 7) is 6.78. The van der Waals surface area contributed by atoms with E-state index in [4.69, 9.17) is 5.26 Å². The van der Waals surface area contributed by atoms with Crippen LogP contribution in [0, 0.1) is 11.3 Å². The number of amides is 1. The molecule has 0 saturated heterocycles. The van der Waals surface area contributed by atoms with Crippen molar-refractivity contribution in [2.75, 3.05) is 25.0 Å². The Morgan fingerprint density at radius 3 is 2.61 bits per heavy atom. The number of carbonyl (C=O) groups excluding carboxylic acids is 1. The lowest BCUT2D eigenvalue weighted by atomic mass is 10.2. The third kappa shape index (κ3) is 4.19. The topological polar surface area (TPSA) is 56.1 Å². The highest BCUT2D eigenvalue weighted by atomic mass is 16.1. The standard InChI is InChI=1S/C14H19N3O/c1-3-17(4-2)10-9-14(18)16-13-8-6-5-7-12(13)11-15/h5-8H,3-4,9-10H2,1-2H3,(H,16,18). The largest absolute Gasteiger partial charge is 0.325 e.